The number of guanidine groups is 1. The highest BCUT2D eigenvalue weighted by Crippen LogP contribution is 2.24. The lowest BCUT2D eigenvalue weighted by Gasteiger charge is -2.05. The van der Waals surface area contributed by atoms with E-state index in [2.05, 4.69) is 9.98 Å². The predicted octanol–water partition coefficient (Wildman–Crippen LogP) is 0.458. The molecule has 5 heteroatoms. The first-order chi connectivity index (χ1) is 6.25. The van der Waals surface area contributed by atoms with Crippen LogP contribution in [0.15, 0.2) is 9.41 Å². The second-order valence-corrected chi connectivity index (χ2v) is 3.11. The monoisotopic (exact) mass is 180 g/mol. The molecule has 0 unspecified atom stereocenters. The number of rotatable bonds is 1. The van der Waals surface area contributed by atoms with Gasteiger partial charge in [0.05, 0.1) is 5.69 Å². The Balaban J connectivity index is 2.30. The molecule has 1 aromatic rings. The zero-order valence-corrected chi connectivity index (χ0v) is 7.29. The summed E-state index contributed by atoms with van der Waals surface area (Å²) in [6.07, 6.45) is 4.24. The van der Waals surface area contributed by atoms with E-state index in [9.17, 15) is 0 Å². The maximum atomic E-state index is 5.36. The van der Waals surface area contributed by atoms with Crippen molar-refractivity contribution in [2.45, 2.75) is 25.7 Å². The molecule has 0 saturated carbocycles. The quantitative estimate of drug-likeness (QED) is 0.485. The van der Waals surface area contributed by atoms with Crippen molar-refractivity contribution < 1.29 is 4.42 Å². The molecule has 0 bridgehead atoms. The van der Waals surface area contributed by atoms with E-state index in [1.807, 2.05) is 0 Å². The normalized spacial score (nSPS) is 15.1. The number of oxazole rings is 1. The van der Waals surface area contributed by atoms with E-state index in [0.717, 1.165) is 30.7 Å². The molecule has 1 aliphatic rings. The van der Waals surface area contributed by atoms with E-state index in [4.69, 9.17) is 15.9 Å². The van der Waals surface area contributed by atoms with E-state index < -0.39 is 0 Å². The number of fused-ring (bicyclic) bond motifs is 1. The smallest absolute Gasteiger partial charge is 0.325 e. The minimum Gasteiger partial charge on any atom is -0.427 e. The van der Waals surface area contributed by atoms with Crippen molar-refractivity contribution in [3.05, 3.63) is 11.5 Å². The molecule has 0 radical (unpaired) electrons. The van der Waals surface area contributed by atoms with Gasteiger partial charge in [-0.25, -0.2) is 0 Å². The minimum absolute atomic E-state index is 0.0152. The maximum absolute atomic E-state index is 5.36. The Hall–Kier alpha value is -1.52. The fourth-order valence-corrected chi connectivity index (χ4v) is 1.50. The van der Waals surface area contributed by atoms with Crippen LogP contribution in [0.4, 0.5) is 6.01 Å². The van der Waals surface area contributed by atoms with E-state index >= 15 is 0 Å². The van der Waals surface area contributed by atoms with Gasteiger partial charge in [0.2, 0.25) is 0 Å². The molecular weight excluding hydrogens is 168 g/mol. The first-order valence-electron chi connectivity index (χ1n) is 4.34. The first kappa shape index (κ1) is 8.10. The van der Waals surface area contributed by atoms with Crippen molar-refractivity contribution in [3.63, 3.8) is 0 Å². The van der Waals surface area contributed by atoms with Gasteiger partial charge in [0.25, 0.3) is 0 Å². The largest absolute Gasteiger partial charge is 0.427 e. The summed E-state index contributed by atoms with van der Waals surface area (Å²) in [5.74, 6) is 0.921. The molecule has 70 valence electrons. The SMILES string of the molecule is NC(N)=Nc1nc2c(o1)CCCC2. The van der Waals surface area contributed by atoms with Crippen molar-refractivity contribution in [3.8, 4) is 0 Å². The molecular formula is C8H12N4O. The third-order valence-corrected chi connectivity index (χ3v) is 2.06. The number of hydrogen-bond donors (Lipinski definition) is 2. The van der Waals surface area contributed by atoms with Gasteiger partial charge in [-0.2, -0.15) is 9.98 Å². The Labute approximate surface area is 75.8 Å². The van der Waals surface area contributed by atoms with Crippen molar-refractivity contribution in [1.29, 1.82) is 0 Å². The molecule has 1 aromatic heterocycles. The molecule has 0 atom stereocenters. The number of aryl methyl sites for hydroxylation is 2. The number of nitrogens with zero attached hydrogens (tertiary/aromatic N) is 2. The van der Waals surface area contributed by atoms with Crippen LogP contribution in [-0.2, 0) is 12.8 Å². The Morgan fingerprint density at radius 3 is 2.77 bits per heavy atom. The predicted molar refractivity (Wildman–Crippen MR) is 48.6 cm³/mol. The average molecular weight is 180 g/mol. The molecule has 13 heavy (non-hydrogen) atoms. The van der Waals surface area contributed by atoms with Crippen molar-refractivity contribution in [2.24, 2.45) is 16.5 Å². The van der Waals surface area contributed by atoms with Gasteiger partial charge in [0.15, 0.2) is 5.96 Å². The zero-order valence-electron chi connectivity index (χ0n) is 7.29. The Bertz CT molecular complexity index is 314. The highest BCUT2D eigenvalue weighted by Gasteiger charge is 2.16. The maximum Gasteiger partial charge on any atom is 0.325 e. The molecule has 0 aliphatic heterocycles. The Morgan fingerprint density at radius 1 is 1.31 bits per heavy atom. The topological polar surface area (TPSA) is 90.4 Å². The van der Waals surface area contributed by atoms with Gasteiger partial charge >= 0.3 is 6.01 Å². The van der Waals surface area contributed by atoms with Gasteiger partial charge in [0.1, 0.15) is 5.76 Å². The molecule has 4 N–H and O–H groups in total. The van der Waals surface area contributed by atoms with Crippen molar-refractivity contribution >= 4 is 12.0 Å². The fraction of sp³-hybridized carbons (Fsp3) is 0.500. The highest BCUT2D eigenvalue weighted by atomic mass is 16.4. The molecule has 0 fully saturated rings. The molecule has 0 amide bonds. The van der Waals surface area contributed by atoms with Crippen LogP contribution in [0.25, 0.3) is 0 Å². The van der Waals surface area contributed by atoms with Crippen molar-refractivity contribution in [2.75, 3.05) is 0 Å². The van der Waals surface area contributed by atoms with Crippen LogP contribution in [0, 0.1) is 0 Å². The second kappa shape index (κ2) is 3.08. The number of hydrogen-bond acceptors (Lipinski definition) is 3. The number of aliphatic imine (C=N–C) groups is 1. The van der Waals surface area contributed by atoms with Crippen LogP contribution >= 0.6 is 0 Å². The summed E-state index contributed by atoms with van der Waals surface area (Å²) < 4.78 is 5.36. The lowest BCUT2D eigenvalue weighted by Crippen LogP contribution is -2.21. The third kappa shape index (κ3) is 1.63. The van der Waals surface area contributed by atoms with Crippen LogP contribution in [-0.4, -0.2) is 10.9 Å². The lowest BCUT2D eigenvalue weighted by atomic mass is 10.0. The summed E-state index contributed by atoms with van der Waals surface area (Å²) >= 11 is 0. The van der Waals surface area contributed by atoms with Gasteiger partial charge in [-0.05, 0) is 19.3 Å². The van der Waals surface area contributed by atoms with Gasteiger partial charge in [-0.3, -0.25) is 0 Å². The van der Waals surface area contributed by atoms with E-state index in [1.54, 1.807) is 0 Å². The van der Waals surface area contributed by atoms with Crippen LogP contribution in [0.3, 0.4) is 0 Å². The summed E-state index contributed by atoms with van der Waals surface area (Å²) in [5, 5.41) is 0. The Kier molecular flexibility index (Phi) is 1.92. The summed E-state index contributed by atoms with van der Waals surface area (Å²) in [5.41, 5.74) is 11.4. The van der Waals surface area contributed by atoms with Gasteiger partial charge in [-0.15, -0.1) is 0 Å². The van der Waals surface area contributed by atoms with Gasteiger partial charge in [-0.1, -0.05) is 0 Å². The van der Waals surface area contributed by atoms with E-state index in [1.165, 1.54) is 6.42 Å². The molecule has 0 spiro atoms. The summed E-state index contributed by atoms with van der Waals surface area (Å²) in [6, 6.07) is 0.284. The molecule has 0 saturated heterocycles. The van der Waals surface area contributed by atoms with Crippen LogP contribution in [0.5, 0.6) is 0 Å². The van der Waals surface area contributed by atoms with Crippen LogP contribution < -0.4 is 11.5 Å². The third-order valence-electron chi connectivity index (χ3n) is 2.06. The highest BCUT2D eigenvalue weighted by molar-refractivity contribution is 5.77. The average Bonchev–Trinajstić information content (AvgIpc) is 2.44. The van der Waals surface area contributed by atoms with Gasteiger partial charge < -0.3 is 15.9 Å². The Morgan fingerprint density at radius 2 is 2.08 bits per heavy atom. The summed E-state index contributed by atoms with van der Waals surface area (Å²) in [6.45, 7) is 0. The second-order valence-electron chi connectivity index (χ2n) is 3.11. The molecule has 1 aliphatic carbocycles. The number of aromatic nitrogens is 1. The molecule has 5 nitrogen and oxygen atoms in total. The van der Waals surface area contributed by atoms with Gasteiger partial charge in [0, 0.05) is 6.42 Å². The van der Waals surface area contributed by atoms with E-state index in [0.29, 0.717) is 0 Å². The van der Waals surface area contributed by atoms with E-state index in [-0.39, 0.29) is 12.0 Å². The first-order valence-corrected chi connectivity index (χ1v) is 4.34. The minimum atomic E-state index is -0.0152. The summed E-state index contributed by atoms with van der Waals surface area (Å²) in [7, 11) is 0. The fourth-order valence-electron chi connectivity index (χ4n) is 1.50. The molecule has 0 aromatic carbocycles. The standard InChI is InChI=1S/C8H12N4O/c9-7(10)12-8-11-5-3-1-2-4-6(5)13-8/h1-4H2,(H4,9,10,11,12). The van der Waals surface area contributed by atoms with Crippen LogP contribution in [0.2, 0.25) is 0 Å². The molecule has 1 heterocycles. The lowest BCUT2D eigenvalue weighted by molar-refractivity contribution is 0.485. The zero-order chi connectivity index (χ0) is 9.26. The molecule has 2 rings (SSSR count). The number of nitrogens with two attached hydrogens (primary N) is 2. The van der Waals surface area contributed by atoms with Crippen molar-refractivity contribution in [1.82, 2.24) is 4.98 Å². The van der Waals surface area contributed by atoms with Crippen LogP contribution in [0.1, 0.15) is 24.3 Å². The summed E-state index contributed by atoms with van der Waals surface area (Å²) in [4.78, 5) is 7.94.